The second kappa shape index (κ2) is 10.4. The topological polar surface area (TPSA) is 109 Å². The molecule has 4 aromatic rings. The molecule has 9 nitrogen and oxygen atoms in total. The lowest BCUT2D eigenvalue weighted by molar-refractivity contribution is 0.0930. The van der Waals surface area contributed by atoms with E-state index in [0.717, 1.165) is 43.7 Å². The van der Waals surface area contributed by atoms with E-state index in [1.54, 1.807) is 30.6 Å². The zero-order chi connectivity index (χ0) is 25.1. The summed E-state index contributed by atoms with van der Waals surface area (Å²) in [6, 6.07) is 9.61. The second-order valence-corrected chi connectivity index (χ2v) is 8.94. The van der Waals surface area contributed by atoms with Crippen LogP contribution in [-0.2, 0) is 0 Å². The van der Waals surface area contributed by atoms with Crippen molar-refractivity contribution in [2.45, 2.75) is 38.3 Å². The first-order chi connectivity index (χ1) is 17.6. The van der Waals surface area contributed by atoms with E-state index in [1.807, 2.05) is 11.5 Å². The van der Waals surface area contributed by atoms with Crippen LogP contribution in [0.25, 0.3) is 22.4 Å². The van der Waals surface area contributed by atoms with Crippen molar-refractivity contribution in [2.24, 2.45) is 0 Å². The summed E-state index contributed by atoms with van der Waals surface area (Å²) < 4.78 is 15.4. The largest absolute Gasteiger partial charge is 0.394 e. The number of hydrogen-bond acceptors (Lipinski definition) is 7. The van der Waals surface area contributed by atoms with E-state index < -0.39 is 0 Å². The van der Waals surface area contributed by atoms with Crippen LogP contribution in [-0.4, -0.2) is 61.3 Å². The molecule has 186 valence electrons. The van der Waals surface area contributed by atoms with Gasteiger partial charge in [-0.15, -0.1) is 0 Å². The molecule has 3 aromatic heterocycles. The number of aliphatic hydroxyl groups is 1. The van der Waals surface area contributed by atoms with Crippen molar-refractivity contribution in [3.05, 3.63) is 66.6 Å². The number of imidazole rings is 1. The maximum atomic E-state index is 13.5. The van der Waals surface area contributed by atoms with Gasteiger partial charge in [-0.1, -0.05) is 19.1 Å². The molecule has 0 radical (unpaired) electrons. The third-order valence-electron chi connectivity index (χ3n) is 6.69. The number of carbonyl (C=O) groups excluding carboxylic acids is 1. The Morgan fingerprint density at radius 1 is 1.17 bits per heavy atom. The highest BCUT2D eigenvalue weighted by Crippen LogP contribution is 2.27. The highest BCUT2D eigenvalue weighted by molar-refractivity contribution is 5.94. The SMILES string of the molecule is CCC(CO)n1cnc2c(N3CCC(NC(=O)c4ccc(-c5cccc(F)c5)nc4)CC3)ncnc21. The molecule has 10 heteroatoms. The van der Waals surface area contributed by atoms with Gasteiger partial charge in [-0.05, 0) is 43.5 Å². The molecule has 0 spiro atoms. The number of carbonyl (C=O) groups is 1. The summed E-state index contributed by atoms with van der Waals surface area (Å²) in [5.41, 5.74) is 3.18. The summed E-state index contributed by atoms with van der Waals surface area (Å²) in [7, 11) is 0. The standard InChI is InChI=1S/C26H28FN7O2/c1-2-21(14-35)34-16-31-23-24(29-15-30-25(23)34)33-10-8-20(9-11-33)32-26(36)18-6-7-22(28-13-18)17-4-3-5-19(27)12-17/h3-7,12-13,15-16,20-21,35H,2,8-11,14H2,1H3,(H,32,36). The Labute approximate surface area is 208 Å². The van der Waals surface area contributed by atoms with Crippen LogP contribution in [0.2, 0.25) is 0 Å². The van der Waals surface area contributed by atoms with Gasteiger partial charge in [0.25, 0.3) is 5.91 Å². The minimum atomic E-state index is -0.325. The van der Waals surface area contributed by atoms with Crippen molar-refractivity contribution in [3.63, 3.8) is 0 Å². The fraction of sp³-hybridized carbons (Fsp3) is 0.346. The van der Waals surface area contributed by atoms with Gasteiger partial charge in [0.05, 0.1) is 30.2 Å². The molecule has 1 fully saturated rings. The first-order valence-corrected chi connectivity index (χ1v) is 12.1. The molecule has 36 heavy (non-hydrogen) atoms. The first-order valence-electron chi connectivity index (χ1n) is 12.1. The van der Waals surface area contributed by atoms with Crippen LogP contribution in [0.5, 0.6) is 0 Å². The average molecular weight is 490 g/mol. The van der Waals surface area contributed by atoms with Gasteiger partial charge in [0, 0.05) is 30.9 Å². The van der Waals surface area contributed by atoms with Gasteiger partial charge >= 0.3 is 0 Å². The number of halogens is 1. The summed E-state index contributed by atoms with van der Waals surface area (Å²) >= 11 is 0. The number of nitrogens with zero attached hydrogens (tertiary/aromatic N) is 6. The number of aliphatic hydroxyl groups excluding tert-OH is 1. The van der Waals surface area contributed by atoms with E-state index >= 15 is 0 Å². The first kappa shape index (κ1) is 23.8. The van der Waals surface area contributed by atoms with E-state index in [4.69, 9.17) is 0 Å². The summed E-state index contributed by atoms with van der Waals surface area (Å²) in [6.07, 6.45) is 7.08. The molecule has 1 aliphatic heterocycles. The number of anilines is 1. The third kappa shape index (κ3) is 4.76. The number of nitrogens with one attached hydrogen (secondary N) is 1. The Morgan fingerprint density at radius 2 is 2.00 bits per heavy atom. The molecule has 1 amide bonds. The van der Waals surface area contributed by atoms with Gasteiger partial charge in [-0.2, -0.15) is 0 Å². The molecule has 1 saturated heterocycles. The molecule has 5 rings (SSSR count). The Morgan fingerprint density at radius 3 is 2.69 bits per heavy atom. The fourth-order valence-corrected chi connectivity index (χ4v) is 4.60. The van der Waals surface area contributed by atoms with Gasteiger partial charge < -0.3 is 19.9 Å². The molecule has 1 aromatic carbocycles. The third-order valence-corrected chi connectivity index (χ3v) is 6.69. The molecule has 1 unspecified atom stereocenters. The monoisotopic (exact) mass is 489 g/mol. The Balaban J connectivity index is 1.21. The van der Waals surface area contributed by atoms with Crippen LogP contribution in [0.3, 0.4) is 0 Å². The molecule has 4 heterocycles. The highest BCUT2D eigenvalue weighted by Gasteiger charge is 2.25. The van der Waals surface area contributed by atoms with Gasteiger partial charge in [0.15, 0.2) is 17.0 Å². The molecule has 0 bridgehead atoms. The molecule has 0 aliphatic carbocycles. The highest BCUT2D eigenvalue weighted by atomic mass is 19.1. The summed E-state index contributed by atoms with van der Waals surface area (Å²) in [4.78, 5) is 32.7. The molecule has 1 atom stereocenters. The van der Waals surface area contributed by atoms with Crippen LogP contribution >= 0.6 is 0 Å². The molecule has 0 saturated carbocycles. The lowest BCUT2D eigenvalue weighted by atomic mass is 10.0. The van der Waals surface area contributed by atoms with Gasteiger partial charge in [0.2, 0.25) is 0 Å². The zero-order valence-electron chi connectivity index (χ0n) is 20.0. The van der Waals surface area contributed by atoms with Crippen LogP contribution in [0.1, 0.15) is 42.6 Å². The van der Waals surface area contributed by atoms with E-state index in [0.29, 0.717) is 22.5 Å². The summed E-state index contributed by atoms with van der Waals surface area (Å²) in [5, 5.41) is 12.8. The van der Waals surface area contributed by atoms with Crippen molar-refractivity contribution >= 4 is 22.9 Å². The zero-order valence-corrected chi connectivity index (χ0v) is 20.0. The smallest absolute Gasteiger partial charge is 0.253 e. The van der Waals surface area contributed by atoms with E-state index in [1.165, 1.54) is 24.7 Å². The number of aromatic nitrogens is 5. The van der Waals surface area contributed by atoms with Crippen molar-refractivity contribution < 1.29 is 14.3 Å². The summed E-state index contributed by atoms with van der Waals surface area (Å²) in [6.45, 7) is 3.48. The number of benzene rings is 1. The minimum Gasteiger partial charge on any atom is -0.394 e. The van der Waals surface area contributed by atoms with Crippen LogP contribution in [0, 0.1) is 5.82 Å². The average Bonchev–Trinajstić information content (AvgIpc) is 3.34. The van der Waals surface area contributed by atoms with Crippen molar-refractivity contribution in [2.75, 3.05) is 24.6 Å². The number of fused-ring (bicyclic) bond motifs is 1. The maximum absolute atomic E-state index is 13.5. The molecule has 2 N–H and O–H groups in total. The minimum absolute atomic E-state index is 0.0233. The number of hydrogen-bond donors (Lipinski definition) is 2. The molecule has 1 aliphatic rings. The number of piperidine rings is 1. The van der Waals surface area contributed by atoms with E-state index in [-0.39, 0.29) is 30.4 Å². The van der Waals surface area contributed by atoms with Crippen molar-refractivity contribution in [3.8, 4) is 11.3 Å². The Bertz CT molecular complexity index is 1350. The normalized spacial score (nSPS) is 15.2. The Hall–Kier alpha value is -3.92. The van der Waals surface area contributed by atoms with Crippen molar-refractivity contribution in [1.82, 2.24) is 29.8 Å². The van der Waals surface area contributed by atoms with E-state index in [9.17, 15) is 14.3 Å². The van der Waals surface area contributed by atoms with Gasteiger partial charge in [-0.3, -0.25) is 9.78 Å². The lowest BCUT2D eigenvalue weighted by Gasteiger charge is -2.33. The van der Waals surface area contributed by atoms with E-state index in [2.05, 4.69) is 30.2 Å². The lowest BCUT2D eigenvalue weighted by Crippen LogP contribution is -2.45. The molecular formula is C26H28FN7O2. The number of rotatable bonds is 7. The second-order valence-electron chi connectivity index (χ2n) is 8.94. The Kier molecular flexibility index (Phi) is 6.86. The maximum Gasteiger partial charge on any atom is 0.253 e. The number of pyridine rings is 1. The van der Waals surface area contributed by atoms with Crippen LogP contribution in [0.15, 0.2) is 55.2 Å². The molecular weight excluding hydrogens is 461 g/mol. The van der Waals surface area contributed by atoms with Crippen LogP contribution in [0.4, 0.5) is 10.2 Å². The predicted octanol–water partition coefficient (Wildman–Crippen LogP) is 3.37. The predicted molar refractivity (Wildman–Crippen MR) is 134 cm³/mol. The quantitative estimate of drug-likeness (QED) is 0.410. The van der Waals surface area contributed by atoms with Crippen LogP contribution < -0.4 is 10.2 Å². The van der Waals surface area contributed by atoms with Gasteiger partial charge in [0.1, 0.15) is 12.1 Å². The fourth-order valence-electron chi connectivity index (χ4n) is 4.60. The summed E-state index contributed by atoms with van der Waals surface area (Å²) in [5.74, 6) is 0.270. The van der Waals surface area contributed by atoms with Gasteiger partial charge in [-0.25, -0.2) is 19.3 Å². The number of amides is 1. The van der Waals surface area contributed by atoms with Crippen molar-refractivity contribution in [1.29, 1.82) is 0 Å².